The molecule has 2 aliphatic rings. The molecule has 0 radical (unpaired) electrons. The first-order chi connectivity index (χ1) is 5.26. The van der Waals surface area contributed by atoms with E-state index >= 15 is 0 Å². The van der Waals surface area contributed by atoms with Gasteiger partial charge in [0.2, 0.25) is 0 Å². The highest BCUT2D eigenvalue weighted by atomic mass is 16.3. The third kappa shape index (κ3) is 0.853. The molecule has 0 heterocycles. The van der Waals surface area contributed by atoms with Gasteiger partial charge in [0.05, 0.1) is 11.5 Å². The Morgan fingerprint density at radius 3 is 2.45 bits per heavy atom. The number of hydrogen-bond donors (Lipinski definition) is 1. The van der Waals surface area contributed by atoms with Crippen molar-refractivity contribution in [2.75, 3.05) is 0 Å². The second-order valence-electron chi connectivity index (χ2n) is 3.84. The summed E-state index contributed by atoms with van der Waals surface area (Å²) in [7, 11) is 0. The number of hydrogen-bond acceptors (Lipinski definition) is 2. The van der Waals surface area contributed by atoms with Crippen LogP contribution in [-0.4, -0.2) is 17.0 Å². The van der Waals surface area contributed by atoms with Crippen molar-refractivity contribution >= 4 is 5.78 Å². The van der Waals surface area contributed by atoms with Crippen LogP contribution in [-0.2, 0) is 4.79 Å². The molecular weight excluding hydrogens is 140 g/mol. The van der Waals surface area contributed by atoms with Gasteiger partial charge in [0, 0.05) is 6.42 Å². The summed E-state index contributed by atoms with van der Waals surface area (Å²) in [5, 5.41) is 9.63. The van der Waals surface area contributed by atoms with Gasteiger partial charge in [0.1, 0.15) is 5.78 Å². The van der Waals surface area contributed by atoms with Crippen molar-refractivity contribution < 1.29 is 9.90 Å². The molecule has 0 aromatic rings. The Labute approximate surface area is 66.6 Å². The molecule has 0 bridgehead atoms. The highest BCUT2D eigenvalue weighted by Crippen LogP contribution is 2.48. The van der Waals surface area contributed by atoms with Crippen LogP contribution < -0.4 is 0 Å². The van der Waals surface area contributed by atoms with Crippen molar-refractivity contribution in [3.8, 4) is 0 Å². The van der Waals surface area contributed by atoms with Crippen molar-refractivity contribution in [1.82, 2.24) is 0 Å². The molecule has 1 unspecified atom stereocenters. The summed E-state index contributed by atoms with van der Waals surface area (Å²) in [6.07, 6.45) is 5.13. The van der Waals surface area contributed by atoms with Crippen molar-refractivity contribution in [2.45, 2.75) is 44.6 Å². The van der Waals surface area contributed by atoms with Crippen molar-refractivity contribution in [2.24, 2.45) is 5.41 Å². The third-order valence-electron chi connectivity index (χ3n) is 3.33. The standard InChI is InChI=1S/C9H14O2/c10-7-3-4-8(11)9(7)5-1-2-6-9/h7,10H,1-6H2. The van der Waals surface area contributed by atoms with Crippen LogP contribution in [0.2, 0.25) is 0 Å². The van der Waals surface area contributed by atoms with E-state index in [4.69, 9.17) is 0 Å². The average Bonchev–Trinajstić information content (AvgIpc) is 2.56. The topological polar surface area (TPSA) is 37.3 Å². The van der Waals surface area contributed by atoms with Crippen LogP contribution in [0.1, 0.15) is 38.5 Å². The first-order valence-electron chi connectivity index (χ1n) is 4.47. The van der Waals surface area contributed by atoms with Gasteiger partial charge < -0.3 is 5.11 Å². The molecule has 2 saturated carbocycles. The molecule has 0 amide bonds. The lowest BCUT2D eigenvalue weighted by Crippen LogP contribution is -2.32. The summed E-state index contributed by atoms with van der Waals surface area (Å²) in [6, 6.07) is 0. The molecule has 2 rings (SSSR count). The summed E-state index contributed by atoms with van der Waals surface area (Å²) in [5.41, 5.74) is -0.278. The molecule has 2 aliphatic carbocycles. The molecule has 1 atom stereocenters. The van der Waals surface area contributed by atoms with Crippen LogP contribution in [0.4, 0.5) is 0 Å². The summed E-state index contributed by atoms with van der Waals surface area (Å²) >= 11 is 0. The predicted octanol–water partition coefficient (Wildman–Crippen LogP) is 1.27. The second kappa shape index (κ2) is 2.31. The highest BCUT2D eigenvalue weighted by molar-refractivity contribution is 5.88. The fourth-order valence-corrected chi connectivity index (χ4v) is 2.60. The van der Waals surface area contributed by atoms with Gasteiger partial charge in [-0.1, -0.05) is 12.8 Å². The van der Waals surface area contributed by atoms with Gasteiger partial charge in [-0.3, -0.25) is 4.79 Å². The van der Waals surface area contributed by atoms with Crippen LogP contribution >= 0.6 is 0 Å². The van der Waals surface area contributed by atoms with Crippen molar-refractivity contribution in [3.63, 3.8) is 0 Å². The summed E-state index contributed by atoms with van der Waals surface area (Å²) < 4.78 is 0. The maximum atomic E-state index is 11.4. The van der Waals surface area contributed by atoms with Gasteiger partial charge in [-0.25, -0.2) is 0 Å². The van der Waals surface area contributed by atoms with Crippen LogP contribution in [0.15, 0.2) is 0 Å². The molecule has 1 N–H and O–H groups in total. The van der Waals surface area contributed by atoms with E-state index in [0.29, 0.717) is 18.6 Å². The van der Waals surface area contributed by atoms with E-state index < -0.39 is 0 Å². The maximum absolute atomic E-state index is 11.4. The predicted molar refractivity (Wildman–Crippen MR) is 41.1 cm³/mol. The van der Waals surface area contributed by atoms with Gasteiger partial charge in [-0.15, -0.1) is 0 Å². The van der Waals surface area contributed by atoms with E-state index in [9.17, 15) is 9.90 Å². The van der Waals surface area contributed by atoms with Crippen LogP contribution in [0.3, 0.4) is 0 Å². The zero-order valence-corrected chi connectivity index (χ0v) is 6.68. The number of ketones is 1. The minimum absolute atomic E-state index is 0.278. The zero-order chi connectivity index (χ0) is 7.90. The number of carbonyl (C=O) groups is 1. The van der Waals surface area contributed by atoms with E-state index in [1.54, 1.807) is 0 Å². The summed E-state index contributed by atoms with van der Waals surface area (Å²) in [6.45, 7) is 0. The molecule has 0 aromatic heterocycles. The molecular formula is C9H14O2. The maximum Gasteiger partial charge on any atom is 0.141 e. The minimum Gasteiger partial charge on any atom is -0.392 e. The Hall–Kier alpha value is -0.370. The van der Waals surface area contributed by atoms with Crippen LogP contribution in [0, 0.1) is 5.41 Å². The van der Waals surface area contributed by atoms with E-state index in [0.717, 1.165) is 25.7 Å². The molecule has 0 saturated heterocycles. The second-order valence-corrected chi connectivity index (χ2v) is 3.84. The quantitative estimate of drug-likeness (QED) is 0.570. The lowest BCUT2D eigenvalue weighted by atomic mass is 9.82. The SMILES string of the molecule is O=C1CCC(O)C12CCCC2. The Morgan fingerprint density at radius 2 is 2.00 bits per heavy atom. The number of aliphatic hydroxyl groups is 1. The van der Waals surface area contributed by atoms with Gasteiger partial charge in [-0.2, -0.15) is 0 Å². The lowest BCUT2D eigenvalue weighted by molar-refractivity contribution is -0.128. The molecule has 11 heavy (non-hydrogen) atoms. The molecule has 62 valence electrons. The number of carbonyl (C=O) groups excluding carboxylic acids is 1. The molecule has 2 nitrogen and oxygen atoms in total. The minimum atomic E-state index is -0.322. The Morgan fingerprint density at radius 1 is 1.36 bits per heavy atom. The monoisotopic (exact) mass is 154 g/mol. The summed E-state index contributed by atoms with van der Waals surface area (Å²) in [5.74, 6) is 0.322. The van der Waals surface area contributed by atoms with Crippen LogP contribution in [0.5, 0.6) is 0 Å². The lowest BCUT2D eigenvalue weighted by Gasteiger charge is -2.24. The van der Waals surface area contributed by atoms with E-state index in [2.05, 4.69) is 0 Å². The fourth-order valence-electron chi connectivity index (χ4n) is 2.60. The zero-order valence-electron chi connectivity index (χ0n) is 6.68. The fraction of sp³-hybridized carbons (Fsp3) is 0.889. The van der Waals surface area contributed by atoms with Gasteiger partial charge in [0.25, 0.3) is 0 Å². The van der Waals surface area contributed by atoms with E-state index in [-0.39, 0.29) is 11.5 Å². The molecule has 0 aliphatic heterocycles. The van der Waals surface area contributed by atoms with Crippen molar-refractivity contribution in [1.29, 1.82) is 0 Å². The Kier molecular flexibility index (Phi) is 1.53. The molecule has 2 heteroatoms. The average molecular weight is 154 g/mol. The summed E-state index contributed by atoms with van der Waals surface area (Å²) in [4.78, 5) is 11.4. The first-order valence-corrected chi connectivity index (χ1v) is 4.47. The number of rotatable bonds is 0. The highest BCUT2D eigenvalue weighted by Gasteiger charge is 2.50. The largest absolute Gasteiger partial charge is 0.392 e. The molecule has 1 spiro atoms. The molecule has 2 fully saturated rings. The third-order valence-corrected chi connectivity index (χ3v) is 3.33. The van der Waals surface area contributed by atoms with Crippen molar-refractivity contribution in [3.05, 3.63) is 0 Å². The van der Waals surface area contributed by atoms with Crippen LogP contribution in [0.25, 0.3) is 0 Å². The number of Topliss-reactive ketones (excluding diaryl/α,β-unsaturated/α-hetero) is 1. The van der Waals surface area contributed by atoms with Gasteiger partial charge in [0.15, 0.2) is 0 Å². The smallest absolute Gasteiger partial charge is 0.141 e. The number of aliphatic hydroxyl groups excluding tert-OH is 1. The normalized spacial score (nSPS) is 35.4. The Balaban J connectivity index is 2.26. The van der Waals surface area contributed by atoms with E-state index in [1.165, 1.54) is 0 Å². The molecule has 0 aromatic carbocycles. The van der Waals surface area contributed by atoms with Gasteiger partial charge >= 0.3 is 0 Å². The van der Waals surface area contributed by atoms with Gasteiger partial charge in [-0.05, 0) is 19.3 Å². The Bertz CT molecular complexity index is 180. The first kappa shape index (κ1) is 7.29. The van der Waals surface area contributed by atoms with E-state index in [1.807, 2.05) is 0 Å².